The van der Waals surface area contributed by atoms with Gasteiger partial charge in [-0.1, -0.05) is 30.3 Å². The summed E-state index contributed by atoms with van der Waals surface area (Å²) in [4.78, 5) is 8.69. The van der Waals surface area contributed by atoms with Gasteiger partial charge >= 0.3 is 0 Å². The average Bonchev–Trinajstić information content (AvgIpc) is 3.05. The standard InChI is InChI=1S/C19H14N3O/c1-23-17-8-9-19-21-18(13-22(19)12-17)15-6-4-14(5-7-15)16-3-2-10-20-11-16/h2-9,11-13H,1H3. The lowest BCUT2D eigenvalue weighted by atomic mass is 10.0. The predicted octanol–water partition coefficient (Wildman–Crippen LogP) is 3.87. The molecule has 3 aromatic heterocycles. The van der Waals surface area contributed by atoms with Gasteiger partial charge in [0.1, 0.15) is 11.4 Å². The molecule has 1 radical (unpaired) electrons. The van der Waals surface area contributed by atoms with E-state index in [0.717, 1.165) is 33.8 Å². The molecule has 3 heterocycles. The Morgan fingerprint density at radius 2 is 1.74 bits per heavy atom. The van der Waals surface area contributed by atoms with Crippen molar-refractivity contribution in [3.63, 3.8) is 0 Å². The summed E-state index contributed by atoms with van der Waals surface area (Å²) in [5.41, 5.74) is 5.11. The van der Waals surface area contributed by atoms with Crippen LogP contribution in [0.2, 0.25) is 0 Å². The summed E-state index contributed by atoms with van der Waals surface area (Å²) in [6, 6.07) is 16.0. The molecular formula is C19H14N3O. The van der Waals surface area contributed by atoms with E-state index < -0.39 is 0 Å². The van der Waals surface area contributed by atoms with Crippen molar-refractivity contribution in [2.75, 3.05) is 7.11 Å². The summed E-state index contributed by atoms with van der Waals surface area (Å²) in [5, 5.41) is 0. The van der Waals surface area contributed by atoms with Crippen LogP contribution in [0.15, 0.2) is 67.1 Å². The minimum atomic E-state index is 0.810. The maximum atomic E-state index is 5.24. The number of methoxy groups -OCH3 is 1. The lowest BCUT2D eigenvalue weighted by molar-refractivity contribution is 0.412. The fourth-order valence-electron chi connectivity index (χ4n) is 2.56. The molecule has 0 aliphatic rings. The molecule has 0 aliphatic carbocycles. The normalized spacial score (nSPS) is 10.8. The smallest absolute Gasteiger partial charge is 0.137 e. The summed E-state index contributed by atoms with van der Waals surface area (Å²) in [5.74, 6) is 0.810. The van der Waals surface area contributed by atoms with Gasteiger partial charge in [-0.3, -0.25) is 4.98 Å². The van der Waals surface area contributed by atoms with Crippen molar-refractivity contribution in [3.05, 3.63) is 73.3 Å². The molecule has 0 fully saturated rings. The third-order valence-electron chi connectivity index (χ3n) is 3.79. The second-order valence-corrected chi connectivity index (χ2v) is 5.21. The van der Waals surface area contributed by atoms with Crippen LogP contribution in [0.4, 0.5) is 0 Å². The van der Waals surface area contributed by atoms with Crippen LogP contribution in [-0.2, 0) is 0 Å². The monoisotopic (exact) mass is 300 g/mol. The zero-order chi connectivity index (χ0) is 15.6. The molecule has 0 spiro atoms. The molecule has 0 atom stereocenters. The van der Waals surface area contributed by atoms with Crippen LogP contribution in [-0.4, -0.2) is 21.5 Å². The Morgan fingerprint density at radius 3 is 2.48 bits per heavy atom. The van der Waals surface area contributed by atoms with Crippen molar-refractivity contribution in [3.8, 4) is 28.1 Å². The van der Waals surface area contributed by atoms with Crippen molar-refractivity contribution in [1.82, 2.24) is 14.4 Å². The van der Waals surface area contributed by atoms with Gasteiger partial charge in [-0.25, -0.2) is 4.98 Å². The molecule has 0 amide bonds. The van der Waals surface area contributed by atoms with E-state index in [-0.39, 0.29) is 0 Å². The lowest BCUT2D eigenvalue weighted by Crippen LogP contribution is -1.86. The number of hydrogen-bond donors (Lipinski definition) is 0. The van der Waals surface area contributed by atoms with Crippen molar-refractivity contribution in [2.24, 2.45) is 0 Å². The average molecular weight is 300 g/mol. The largest absolute Gasteiger partial charge is 0.495 e. The van der Waals surface area contributed by atoms with Crippen molar-refractivity contribution in [2.45, 2.75) is 0 Å². The molecule has 23 heavy (non-hydrogen) atoms. The van der Waals surface area contributed by atoms with Crippen LogP contribution in [0.3, 0.4) is 0 Å². The second kappa shape index (κ2) is 5.57. The Kier molecular flexibility index (Phi) is 3.27. The SMILES string of the molecule is COc1ccc2nc(-c3ccc(-c4cc[c]nc4)cc3)cn2c1. The number of ether oxygens (including phenoxy) is 1. The summed E-state index contributed by atoms with van der Waals surface area (Å²) in [7, 11) is 1.66. The van der Waals surface area contributed by atoms with E-state index in [2.05, 4.69) is 40.4 Å². The Morgan fingerprint density at radius 1 is 0.913 bits per heavy atom. The number of rotatable bonds is 3. The third-order valence-corrected chi connectivity index (χ3v) is 3.79. The minimum Gasteiger partial charge on any atom is -0.495 e. The fraction of sp³-hybridized carbons (Fsp3) is 0.0526. The Bertz CT molecular complexity index is 943. The minimum absolute atomic E-state index is 0.810. The molecule has 1 aromatic carbocycles. The first-order valence-electron chi connectivity index (χ1n) is 7.29. The number of aromatic nitrogens is 3. The summed E-state index contributed by atoms with van der Waals surface area (Å²) in [6.45, 7) is 0. The molecule has 0 bridgehead atoms. The number of pyridine rings is 2. The third kappa shape index (κ3) is 2.55. The topological polar surface area (TPSA) is 39.4 Å². The van der Waals surface area contributed by atoms with Gasteiger partial charge in [0.05, 0.1) is 25.2 Å². The lowest BCUT2D eigenvalue weighted by Gasteiger charge is -2.02. The van der Waals surface area contributed by atoms with E-state index >= 15 is 0 Å². The highest BCUT2D eigenvalue weighted by molar-refractivity contribution is 5.69. The van der Waals surface area contributed by atoms with Crippen molar-refractivity contribution in [1.29, 1.82) is 0 Å². The predicted molar refractivity (Wildman–Crippen MR) is 89.2 cm³/mol. The number of fused-ring (bicyclic) bond motifs is 1. The van der Waals surface area contributed by atoms with Crippen LogP contribution < -0.4 is 4.74 Å². The molecule has 4 rings (SSSR count). The van der Waals surface area contributed by atoms with Crippen LogP contribution in [0, 0.1) is 6.20 Å². The zero-order valence-corrected chi connectivity index (χ0v) is 12.6. The Labute approximate surface area is 134 Å². The summed E-state index contributed by atoms with van der Waals surface area (Å²) in [6.07, 6.45) is 8.53. The molecule has 0 N–H and O–H groups in total. The molecule has 4 aromatic rings. The van der Waals surface area contributed by atoms with E-state index in [1.807, 2.05) is 47.3 Å². The van der Waals surface area contributed by atoms with Gasteiger partial charge in [0.15, 0.2) is 0 Å². The van der Waals surface area contributed by atoms with E-state index in [1.54, 1.807) is 7.11 Å². The maximum absolute atomic E-state index is 5.24. The molecule has 0 saturated heterocycles. The molecular weight excluding hydrogens is 286 g/mol. The zero-order valence-electron chi connectivity index (χ0n) is 12.6. The van der Waals surface area contributed by atoms with Crippen molar-refractivity contribution >= 4 is 5.65 Å². The first-order chi connectivity index (χ1) is 11.3. The van der Waals surface area contributed by atoms with Gasteiger partial charge in [-0.2, -0.15) is 0 Å². The molecule has 4 heteroatoms. The quantitative estimate of drug-likeness (QED) is 0.576. The molecule has 0 unspecified atom stereocenters. The molecule has 0 aliphatic heterocycles. The van der Waals surface area contributed by atoms with Gasteiger partial charge in [0.2, 0.25) is 0 Å². The van der Waals surface area contributed by atoms with Crippen LogP contribution in [0.5, 0.6) is 5.75 Å². The summed E-state index contributed by atoms with van der Waals surface area (Å²) < 4.78 is 7.22. The highest BCUT2D eigenvalue weighted by Gasteiger charge is 2.06. The Hall–Kier alpha value is -3.14. The number of benzene rings is 1. The molecule has 0 saturated carbocycles. The van der Waals surface area contributed by atoms with Crippen LogP contribution in [0.25, 0.3) is 28.0 Å². The number of imidazole rings is 1. The molecule has 111 valence electrons. The van der Waals surface area contributed by atoms with Gasteiger partial charge in [-0.05, 0) is 23.8 Å². The van der Waals surface area contributed by atoms with Gasteiger partial charge in [-0.15, -0.1) is 0 Å². The van der Waals surface area contributed by atoms with Gasteiger partial charge in [0.25, 0.3) is 0 Å². The van der Waals surface area contributed by atoms with E-state index in [9.17, 15) is 0 Å². The number of nitrogens with zero attached hydrogens (tertiary/aromatic N) is 3. The van der Waals surface area contributed by atoms with Crippen LogP contribution >= 0.6 is 0 Å². The van der Waals surface area contributed by atoms with E-state index in [4.69, 9.17) is 4.74 Å². The van der Waals surface area contributed by atoms with Crippen molar-refractivity contribution < 1.29 is 4.74 Å². The Balaban J connectivity index is 1.70. The highest BCUT2D eigenvalue weighted by Crippen LogP contribution is 2.25. The molecule has 4 nitrogen and oxygen atoms in total. The van der Waals surface area contributed by atoms with Crippen LogP contribution in [0.1, 0.15) is 0 Å². The second-order valence-electron chi connectivity index (χ2n) is 5.21. The van der Waals surface area contributed by atoms with E-state index in [1.165, 1.54) is 0 Å². The first kappa shape index (κ1) is 13.5. The van der Waals surface area contributed by atoms with Gasteiger partial charge in [0, 0.05) is 23.5 Å². The highest BCUT2D eigenvalue weighted by atomic mass is 16.5. The number of hydrogen-bond acceptors (Lipinski definition) is 3. The maximum Gasteiger partial charge on any atom is 0.137 e. The first-order valence-corrected chi connectivity index (χ1v) is 7.29. The summed E-state index contributed by atoms with van der Waals surface area (Å²) >= 11 is 0. The fourth-order valence-corrected chi connectivity index (χ4v) is 2.56. The van der Waals surface area contributed by atoms with Gasteiger partial charge < -0.3 is 9.14 Å². The van der Waals surface area contributed by atoms with E-state index in [0.29, 0.717) is 0 Å².